The third kappa shape index (κ3) is 7.02. The first-order valence-electron chi connectivity index (χ1n) is 3.08. The van der Waals surface area contributed by atoms with Crippen LogP contribution >= 0.6 is 11.3 Å². The predicted molar refractivity (Wildman–Crippen MR) is 45.7 cm³/mol. The molecule has 3 nitrogen and oxygen atoms in total. The number of aryl methyl sites for hydroxylation is 1. The summed E-state index contributed by atoms with van der Waals surface area (Å²) in [6.07, 6.45) is 0. The summed E-state index contributed by atoms with van der Waals surface area (Å²) >= 11 is 1.78. The first kappa shape index (κ1) is 10.1. The normalized spacial score (nSPS) is 8.18. The van der Waals surface area contributed by atoms with E-state index < -0.39 is 5.97 Å². The first-order valence-corrected chi connectivity index (χ1v) is 3.96. The number of hydrogen-bond acceptors (Lipinski definition) is 3. The maximum Gasteiger partial charge on any atom is 0.317 e. The van der Waals surface area contributed by atoms with Gasteiger partial charge in [0.05, 0.1) is 6.54 Å². The Bertz CT molecular complexity index is 196. The zero-order chi connectivity index (χ0) is 8.69. The van der Waals surface area contributed by atoms with Crippen LogP contribution in [0.2, 0.25) is 0 Å². The Morgan fingerprint density at radius 1 is 1.82 bits per heavy atom. The van der Waals surface area contributed by atoms with Crippen molar-refractivity contribution in [3.63, 3.8) is 0 Å². The highest BCUT2D eigenvalue weighted by Crippen LogP contribution is 2.03. The van der Waals surface area contributed by atoms with E-state index in [1.807, 2.05) is 0 Å². The van der Waals surface area contributed by atoms with Gasteiger partial charge in [0.1, 0.15) is 0 Å². The van der Waals surface area contributed by atoms with Crippen molar-refractivity contribution in [3.8, 4) is 0 Å². The van der Waals surface area contributed by atoms with Crippen LogP contribution in [-0.2, 0) is 4.79 Å². The lowest BCUT2D eigenvalue weighted by Gasteiger charge is -1.73. The molecule has 0 fully saturated rings. The van der Waals surface area contributed by atoms with Crippen LogP contribution in [0.15, 0.2) is 17.5 Å². The number of carbonyl (C=O) groups is 1. The molecule has 0 spiro atoms. The van der Waals surface area contributed by atoms with Crippen molar-refractivity contribution >= 4 is 17.3 Å². The molecule has 0 saturated heterocycles. The van der Waals surface area contributed by atoms with Crippen LogP contribution in [0, 0.1) is 6.92 Å². The number of aliphatic carboxylic acids is 1. The number of rotatable bonds is 1. The van der Waals surface area contributed by atoms with Gasteiger partial charge in [0, 0.05) is 4.88 Å². The minimum atomic E-state index is -0.968. The van der Waals surface area contributed by atoms with Gasteiger partial charge in [0.15, 0.2) is 0 Å². The second kappa shape index (κ2) is 5.88. The molecule has 3 N–H and O–H groups in total. The van der Waals surface area contributed by atoms with Crippen molar-refractivity contribution in [3.05, 3.63) is 22.4 Å². The van der Waals surface area contributed by atoms with Gasteiger partial charge in [0.25, 0.3) is 0 Å². The third-order valence-corrected chi connectivity index (χ3v) is 1.64. The molecular weight excluding hydrogens is 162 g/mol. The fourth-order valence-corrected chi connectivity index (χ4v) is 0.890. The Morgan fingerprint density at radius 3 is 2.45 bits per heavy atom. The average Bonchev–Trinajstić information content (AvgIpc) is 2.41. The SMILES string of the molecule is Cc1cccs1.NCC(=O)O. The molecule has 4 heteroatoms. The monoisotopic (exact) mass is 173 g/mol. The molecule has 1 rings (SSSR count). The maximum absolute atomic E-state index is 9.24. The summed E-state index contributed by atoms with van der Waals surface area (Å²) in [5.41, 5.74) is 4.57. The topological polar surface area (TPSA) is 63.3 Å². The summed E-state index contributed by atoms with van der Waals surface area (Å²) in [5, 5.41) is 9.68. The molecule has 62 valence electrons. The van der Waals surface area contributed by atoms with Crippen molar-refractivity contribution < 1.29 is 9.90 Å². The number of carboxylic acid groups (broad SMARTS) is 1. The first-order chi connectivity index (χ1) is 5.16. The predicted octanol–water partition coefficient (Wildman–Crippen LogP) is 1.09. The smallest absolute Gasteiger partial charge is 0.317 e. The molecule has 1 heterocycles. The molecular formula is C7H11NO2S. The summed E-state index contributed by atoms with van der Waals surface area (Å²) in [4.78, 5) is 10.6. The molecule has 0 atom stereocenters. The van der Waals surface area contributed by atoms with E-state index in [0.717, 1.165) is 0 Å². The van der Waals surface area contributed by atoms with Crippen molar-refractivity contribution in [2.45, 2.75) is 6.92 Å². The summed E-state index contributed by atoms with van der Waals surface area (Å²) in [5.74, 6) is -0.968. The Morgan fingerprint density at radius 2 is 2.36 bits per heavy atom. The van der Waals surface area contributed by atoms with Crippen LogP contribution in [0.3, 0.4) is 0 Å². The summed E-state index contributed by atoms with van der Waals surface area (Å²) in [6, 6.07) is 4.16. The molecule has 0 unspecified atom stereocenters. The largest absolute Gasteiger partial charge is 0.480 e. The lowest BCUT2D eigenvalue weighted by atomic mass is 10.5. The van der Waals surface area contributed by atoms with Gasteiger partial charge in [0.2, 0.25) is 0 Å². The molecule has 0 bridgehead atoms. The minimum Gasteiger partial charge on any atom is -0.480 e. The molecule has 0 amide bonds. The maximum atomic E-state index is 9.24. The zero-order valence-corrected chi connectivity index (χ0v) is 7.10. The van der Waals surface area contributed by atoms with Crippen LogP contribution < -0.4 is 5.73 Å². The Hall–Kier alpha value is -0.870. The summed E-state index contributed by atoms with van der Waals surface area (Å²) in [7, 11) is 0. The van der Waals surface area contributed by atoms with Crippen molar-refractivity contribution in [2.24, 2.45) is 5.73 Å². The van der Waals surface area contributed by atoms with Gasteiger partial charge in [-0.15, -0.1) is 11.3 Å². The van der Waals surface area contributed by atoms with Gasteiger partial charge in [-0.1, -0.05) is 6.07 Å². The van der Waals surface area contributed by atoms with Gasteiger partial charge < -0.3 is 10.8 Å². The molecule has 0 aromatic carbocycles. The van der Waals surface area contributed by atoms with Crippen molar-refractivity contribution in [1.29, 1.82) is 0 Å². The van der Waals surface area contributed by atoms with E-state index in [1.165, 1.54) is 4.88 Å². The molecule has 0 radical (unpaired) electrons. The van der Waals surface area contributed by atoms with Gasteiger partial charge in [-0.3, -0.25) is 4.79 Å². The van der Waals surface area contributed by atoms with Crippen LogP contribution in [0.1, 0.15) is 4.88 Å². The summed E-state index contributed by atoms with van der Waals surface area (Å²) in [6.45, 7) is 1.82. The Kier molecular flexibility index (Phi) is 5.42. The van der Waals surface area contributed by atoms with E-state index in [0.29, 0.717) is 0 Å². The van der Waals surface area contributed by atoms with Crippen LogP contribution in [0.25, 0.3) is 0 Å². The van der Waals surface area contributed by atoms with E-state index in [-0.39, 0.29) is 6.54 Å². The zero-order valence-electron chi connectivity index (χ0n) is 6.28. The second-order valence-corrected chi connectivity index (χ2v) is 2.97. The van der Waals surface area contributed by atoms with Gasteiger partial charge in [-0.05, 0) is 18.4 Å². The fourth-order valence-electron chi connectivity index (χ4n) is 0.361. The number of nitrogens with two attached hydrogens (primary N) is 1. The number of thiophene rings is 1. The van der Waals surface area contributed by atoms with Gasteiger partial charge in [-0.2, -0.15) is 0 Å². The number of carboxylic acids is 1. The quantitative estimate of drug-likeness (QED) is 0.668. The molecule has 1 aromatic heterocycles. The van der Waals surface area contributed by atoms with Gasteiger partial charge >= 0.3 is 5.97 Å². The molecule has 0 aliphatic carbocycles. The van der Waals surface area contributed by atoms with E-state index in [2.05, 4.69) is 30.2 Å². The fraction of sp³-hybridized carbons (Fsp3) is 0.286. The second-order valence-electron chi connectivity index (χ2n) is 1.82. The minimum absolute atomic E-state index is 0.278. The molecule has 0 saturated carbocycles. The molecule has 0 aliphatic rings. The van der Waals surface area contributed by atoms with Crippen LogP contribution in [0.5, 0.6) is 0 Å². The molecule has 0 aliphatic heterocycles. The van der Waals surface area contributed by atoms with Crippen LogP contribution in [0.4, 0.5) is 0 Å². The third-order valence-electron chi connectivity index (χ3n) is 0.838. The summed E-state index contributed by atoms with van der Waals surface area (Å²) < 4.78 is 0. The van der Waals surface area contributed by atoms with Crippen molar-refractivity contribution in [2.75, 3.05) is 6.54 Å². The molecule has 1 aromatic rings. The lowest BCUT2D eigenvalue weighted by molar-refractivity contribution is -0.135. The number of hydrogen-bond donors (Lipinski definition) is 2. The van der Waals surface area contributed by atoms with E-state index in [1.54, 1.807) is 11.3 Å². The van der Waals surface area contributed by atoms with E-state index in [9.17, 15) is 4.79 Å². The van der Waals surface area contributed by atoms with E-state index in [4.69, 9.17) is 5.11 Å². The lowest BCUT2D eigenvalue weighted by Crippen LogP contribution is -2.10. The standard InChI is InChI=1S/C5H6S.C2H5NO2/c1-5-3-2-4-6-5;3-1-2(4)5/h2-4H,1H3;1,3H2,(H,4,5). The van der Waals surface area contributed by atoms with Crippen molar-refractivity contribution in [1.82, 2.24) is 0 Å². The highest BCUT2D eigenvalue weighted by molar-refractivity contribution is 7.09. The van der Waals surface area contributed by atoms with E-state index >= 15 is 0 Å². The van der Waals surface area contributed by atoms with Crippen LogP contribution in [-0.4, -0.2) is 17.6 Å². The van der Waals surface area contributed by atoms with Gasteiger partial charge in [-0.25, -0.2) is 0 Å². The Labute approximate surface area is 69.5 Å². The average molecular weight is 173 g/mol. The molecule has 11 heavy (non-hydrogen) atoms. The highest BCUT2D eigenvalue weighted by Gasteiger charge is 1.81. The Balaban J connectivity index is 0.000000187. The highest BCUT2D eigenvalue weighted by atomic mass is 32.1.